The smallest absolute Gasteiger partial charge is 0.127 e. The first-order valence-electron chi connectivity index (χ1n) is 6.14. The van der Waals surface area contributed by atoms with Gasteiger partial charge in [0.15, 0.2) is 0 Å². The fourth-order valence-electron chi connectivity index (χ4n) is 2.19. The third-order valence-electron chi connectivity index (χ3n) is 2.89. The molecule has 1 atom stereocenters. The lowest BCUT2D eigenvalue weighted by molar-refractivity contribution is -0.116. The normalized spacial score (nSPS) is 14.6. The molecule has 3 heteroatoms. The van der Waals surface area contributed by atoms with Crippen LogP contribution in [-0.4, -0.2) is 29.8 Å². The maximum Gasteiger partial charge on any atom is 0.127 e. The minimum atomic E-state index is -0.238. The van der Waals surface area contributed by atoms with E-state index < -0.39 is 0 Å². The molecule has 1 rings (SSSR count). The molecule has 0 spiro atoms. The minimum Gasteiger partial charge on any atom is -0.303 e. The summed E-state index contributed by atoms with van der Waals surface area (Å²) in [5.41, 5.74) is 0.804. The molecule has 1 heterocycles. The summed E-state index contributed by atoms with van der Waals surface area (Å²) in [4.78, 5) is 17.6. The van der Waals surface area contributed by atoms with Gasteiger partial charge in [0.2, 0.25) is 0 Å². The summed E-state index contributed by atoms with van der Waals surface area (Å²) in [6, 6.07) is 5.91. The summed E-state index contributed by atoms with van der Waals surface area (Å²) < 4.78 is 0. The molecule has 0 aliphatic rings. The van der Waals surface area contributed by atoms with Crippen molar-refractivity contribution in [2.75, 3.05) is 13.6 Å². The molecular weight excluding hydrogens is 212 g/mol. The van der Waals surface area contributed by atoms with Crippen LogP contribution < -0.4 is 0 Å². The molecule has 94 valence electrons. The van der Waals surface area contributed by atoms with E-state index in [1.165, 1.54) is 0 Å². The van der Waals surface area contributed by atoms with E-state index in [-0.39, 0.29) is 5.41 Å². The van der Waals surface area contributed by atoms with E-state index in [2.05, 4.69) is 16.8 Å². The van der Waals surface area contributed by atoms with E-state index in [9.17, 15) is 4.79 Å². The number of pyridine rings is 1. The largest absolute Gasteiger partial charge is 0.303 e. The maximum atomic E-state index is 11.2. The highest BCUT2D eigenvalue weighted by atomic mass is 16.1. The zero-order valence-electron chi connectivity index (χ0n) is 11.0. The Bertz CT molecular complexity index is 339. The third kappa shape index (κ3) is 4.65. The van der Waals surface area contributed by atoms with Gasteiger partial charge in [-0.15, -0.1) is 0 Å². The quantitative estimate of drug-likeness (QED) is 0.680. The van der Waals surface area contributed by atoms with Crippen LogP contribution in [0.4, 0.5) is 0 Å². The van der Waals surface area contributed by atoms with Gasteiger partial charge >= 0.3 is 0 Å². The van der Waals surface area contributed by atoms with Crippen molar-refractivity contribution in [3.63, 3.8) is 0 Å². The number of rotatable bonds is 7. The van der Waals surface area contributed by atoms with Gasteiger partial charge in [0, 0.05) is 24.7 Å². The lowest BCUT2D eigenvalue weighted by atomic mass is 9.87. The van der Waals surface area contributed by atoms with E-state index in [1.807, 2.05) is 32.2 Å². The van der Waals surface area contributed by atoms with Crippen molar-refractivity contribution in [1.82, 2.24) is 9.88 Å². The summed E-state index contributed by atoms with van der Waals surface area (Å²) >= 11 is 0. The summed E-state index contributed by atoms with van der Waals surface area (Å²) in [7, 11) is 2.03. The molecule has 1 aromatic heterocycles. The van der Waals surface area contributed by atoms with Gasteiger partial charge in [-0.1, -0.05) is 26.3 Å². The number of aldehydes is 1. The SMILES string of the molecule is CCCC(C)(C=O)CN(C)Cc1ccccn1. The highest BCUT2D eigenvalue weighted by Gasteiger charge is 2.24. The van der Waals surface area contributed by atoms with Gasteiger partial charge < -0.3 is 4.79 Å². The van der Waals surface area contributed by atoms with Gasteiger partial charge in [0.25, 0.3) is 0 Å². The zero-order chi connectivity index (χ0) is 12.7. The Balaban J connectivity index is 2.54. The van der Waals surface area contributed by atoms with Crippen LogP contribution in [0.15, 0.2) is 24.4 Å². The molecule has 0 amide bonds. The molecule has 1 unspecified atom stereocenters. The van der Waals surface area contributed by atoms with Gasteiger partial charge in [-0.2, -0.15) is 0 Å². The number of nitrogens with zero attached hydrogens (tertiary/aromatic N) is 2. The lowest BCUT2D eigenvalue weighted by Crippen LogP contribution is -2.34. The molecule has 0 aliphatic heterocycles. The van der Waals surface area contributed by atoms with E-state index in [0.29, 0.717) is 0 Å². The molecular formula is C14H22N2O. The fourth-order valence-corrected chi connectivity index (χ4v) is 2.19. The predicted molar refractivity (Wildman–Crippen MR) is 69.7 cm³/mol. The molecule has 0 saturated carbocycles. The molecule has 0 fully saturated rings. The molecule has 0 bridgehead atoms. The first-order chi connectivity index (χ1) is 8.09. The Morgan fingerprint density at radius 3 is 2.76 bits per heavy atom. The Labute approximate surface area is 104 Å². The predicted octanol–water partition coefficient (Wildman–Crippen LogP) is 2.52. The zero-order valence-corrected chi connectivity index (χ0v) is 11.0. The van der Waals surface area contributed by atoms with E-state index in [0.717, 1.165) is 37.9 Å². The van der Waals surface area contributed by atoms with Crippen molar-refractivity contribution in [3.05, 3.63) is 30.1 Å². The van der Waals surface area contributed by atoms with Crippen LogP contribution in [0.25, 0.3) is 0 Å². The van der Waals surface area contributed by atoms with Crippen molar-refractivity contribution >= 4 is 6.29 Å². The minimum absolute atomic E-state index is 0.238. The van der Waals surface area contributed by atoms with Crippen LogP contribution in [-0.2, 0) is 11.3 Å². The van der Waals surface area contributed by atoms with Crippen LogP contribution >= 0.6 is 0 Å². The molecule has 0 aromatic carbocycles. The van der Waals surface area contributed by atoms with Gasteiger partial charge in [0.1, 0.15) is 6.29 Å². The van der Waals surface area contributed by atoms with E-state index in [4.69, 9.17) is 0 Å². The summed E-state index contributed by atoms with van der Waals surface area (Å²) in [6.45, 7) is 5.70. The van der Waals surface area contributed by atoms with Crippen LogP contribution in [0.1, 0.15) is 32.4 Å². The number of aromatic nitrogens is 1. The van der Waals surface area contributed by atoms with Gasteiger partial charge in [-0.3, -0.25) is 9.88 Å². The highest BCUT2D eigenvalue weighted by molar-refractivity contribution is 5.58. The van der Waals surface area contributed by atoms with Crippen molar-refractivity contribution in [3.8, 4) is 0 Å². The summed E-state index contributed by atoms with van der Waals surface area (Å²) in [5, 5.41) is 0. The Kier molecular flexibility index (Phi) is 5.29. The molecule has 1 aromatic rings. The Hall–Kier alpha value is -1.22. The van der Waals surface area contributed by atoms with Crippen molar-refractivity contribution in [1.29, 1.82) is 0 Å². The summed E-state index contributed by atoms with van der Waals surface area (Å²) in [5.74, 6) is 0. The molecule has 0 aliphatic carbocycles. The number of carbonyl (C=O) groups is 1. The molecule has 0 radical (unpaired) electrons. The van der Waals surface area contributed by atoms with Crippen LogP contribution in [0.2, 0.25) is 0 Å². The van der Waals surface area contributed by atoms with E-state index >= 15 is 0 Å². The second-order valence-corrected chi connectivity index (χ2v) is 5.02. The van der Waals surface area contributed by atoms with Crippen molar-refractivity contribution in [2.45, 2.75) is 33.2 Å². The van der Waals surface area contributed by atoms with Crippen LogP contribution in [0, 0.1) is 5.41 Å². The van der Waals surface area contributed by atoms with Crippen LogP contribution in [0.5, 0.6) is 0 Å². The number of hydrogen-bond donors (Lipinski definition) is 0. The Morgan fingerprint density at radius 2 is 2.24 bits per heavy atom. The van der Waals surface area contributed by atoms with Crippen molar-refractivity contribution in [2.24, 2.45) is 5.41 Å². The van der Waals surface area contributed by atoms with Gasteiger partial charge in [0.05, 0.1) is 5.69 Å². The van der Waals surface area contributed by atoms with Gasteiger partial charge in [-0.05, 0) is 25.6 Å². The molecule has 0 N–H and O–H groups in total. The van der Waals surface area contributed by atoms with E-state index in [1.54, 1.807) is 6.20 Å². The maximum absolute atomic E-state index is 11.2. The lowest BCUT2D eigenvalue weighted by Gasteiger charge is -2.28. The number of hydrogen-bond acceptors (Lipinski definition) is 3. The molecule has 3 nitrogen and oxygen atoms in total. The number of carbonyl (C=O) groups excluding carboxylic acids is 1. The first-order valence-corrected chi connectivity index (χ1v) is 6.14. The first kappa shape index (κ1) is 13.8. The second-order valence-electron chi connectivity index (χ2n) is 5.02. The fraction of sp³-hybridized carbons (Fsp3) is 0.571. The second kappa shape index (κ2) is 6.50. The average Bonchev–Trinajstić information content (AvgIpc) is 2.30. The molecule has 17 heavy (non-hydrogen) atoms. The van der Waals surface area contributed by atoms with Crippen LogP contribution in [0.3, 0.4) is 0 Å². The highest BCUT2D eigenvalue weighted by Crippen LogP contribution is 2.21. The Morgan fingerprint density at radius 1 is 1.47 bits per heavy atom. The third-order valence-corrected chi connectivity index (χ3v) is 2.89. The standard InChI is InChI=1S/C14H22N2O/c1-4-8-14(2,12-17)11-16(3)10-13-7-5-6-9-15-13/h5-7,9,12H,4,8,10-11H2,1-3H3. The molecule has 0 saturated heterocycles. The summed E-state index contributed by atoms with van der Waals surface area (Å²) in [6.07, 6.45) is 4.86. The topological polar surface area (TPSA) is 33.2 Å². The van der Waals surface area contributed by atoms with Gasteiger partial charge in [-0.25, -0.2) is 0 Å². The average molecular weight is 234 g/mol. The monoisotopic (exact) mass is 234 g/mol. The van der Waals surface area contributed by atoms with Crippen molar-refractivity contribution < 1.29 is 4.79 Å².